The van der Waals surface area contributed by atoms with Crippen molar-refractivity contribution in [2.45, 2.75) is 31.3 Å². The Balaban J connectivity index is 0.00000144. The molecule has 7 nitrogen and oxygen atoms in total. The van der Waals surface area contributed by atoms with E-state index in [1.54, 1.807) is 0 Å². The van der Waals surface area contributed by atoms with Gasteiger partial charge in [-0.1, -0.05) is 0 Å². The van der Waals surface area contributed by atoms with E-state index < -0.39 is 0 Å². The summed E-state index contributed by atoms with van der Waals surface area (Å²) in [5.41, 5.74) is 0. The number of halogens is 2. The molecule has 2 atom stereocenters. The third kappa shape index (κ3) is 5.74. The molecule has 3 rings (SSSR count). The maximum Gasteiger partial charge on any atom is 0.237 e. The Morgan fingerprint density at radius 3 is 2.67 bits per heavy atom. The van der Waals surface area contributed by atoms with Crippen LogP contribution < -0.4 is 10.6 Å². The fraction of sp³-hybridized carbons (Fsp3) is 0.867. The topological polar surface area (TPSA) is 73.9 Å². The van der Waals surface area contributed by atoms with Gasteiger partial charge in [0.15, 0.2) is 0 Å². The minimum Gasteiger partial charge on any atom is -0.379 e. The second-order valence-corrected chi connectivity index (χ2v) is 6.35. The number of rotatable bonds is 5. The van der Waals surface area contributed by atoms with E-state index >= 15 is 0 Å². The fourth-order valence-corrected chi connectivity index (χ4v) is 3.38. The summed E-state index contributed by atoms with van der Waals surface area (Å²) in [5, 5.41) is 6.21. The van der Waals surface area contributed by atoms with Gasteiger partial charge in [-0.05, 0) is 19.4 Å². The third-order valence-corrected chi connectivity index (χ3v) is 4.73. The summed E-state index contributed by atoms with van der Waals surface area (Å²) < 4.78 is 5.33. The second-order valence-electron chi connectivity index (χ2n) is 6.35. The number of morpholine rings is 1. The largest absolute Gasteiger partial charge is 0.379 e. The van der Waals surface area contributed by atoms with Gasteiger partial charge in [-0.3, -0.25) is 14.5 Å². The molecule has 24 heavy (non-hydrogen) atoms. The molecule has 0 aromatic carbocycles. The van der Waals surface area contributed by atoms with Gasteiger partial charge in [0.05, 0.1) is 25.3 Å². The maximum absolute atomic E-state index is 12.1. The predicted molar refractivity (Wildman–Crippen MR) is 95.9 cm³/mol. The highest BCUT2D eigenvalue weighted by atomic mass is 35.5. The molecular weight excluding hydrogens is 355 g/mol. The summed E-state index contributed by atoms with van der Waals surface area (Å²) in [6, 6.07) is -0.107. The number of hydrogen-bond donors (Lipinski definition) is 2. The molecule has 2 unspecified atom stereocenters. The molecule has 0 saturated carbocycles. The van der Waals surface area contributed by atoms with Crippen LogP contribution in [-0.4, -0.2) is 86.2 Å². The summed E-state index contributed by atoms with van der Waals surface area (Å²) in [6.07, 6.45) is 2.38. The number of carbonyl (C=O) groups excluding carboxylic acids is 2. The van der Waals surface area contributed by atoms with E-state index in [-0.39, 0.29) is 48.7 Å². The Labute approximate surface area is 155 Å². The van der Waals surface area contributed by atoms with Gasteiger partial charge in [-0.15, -0.1) is 24.8 Å². The molecule has 2 amide bonds. The Hall–Kier alpha value is -0.600. The molecule has 140 valence electrons. The van der Waals surface area contributed by atoms with Crippen molar-refractivity contribution in [2.75, 3.05) is 52.5 Å². The lowest BCUT2D eigenvalue weighted by molar-refractivity contribution is -0.128. The number of likely N-dealkylation sites (tertiary alicyclic amines) is 1. The van der Waals surface area contributed by atoms with Gasteiger partial charge >= 0.3 is 0 Å². The molecule has 3 aliphatic rings. The minimum atomic E-state index is -0.0718. The Kier molecular flexibility index (Phi) is 9.30. The van der Waals surface area contributed by atoms with Gasteiger partial charge in [0.1, 0.15) is 0 Å². The molecule has 0 aromatic rings. The molecular formula is C15H28Cl2N4O3. The molecule has 3 heterocycles. The second kappa shape index (κ2) is 10.4. The lowest BCUT2D eigenvalue weighted by Crippen LogP contribution is -2.46. The molecule has 3 saturated heterocycles. The standard InChI is InChI=1S/C15H26N4O3.2ClH/c20-14-10-12(17-15(21)13-2-1-3-16-13)11-19(14)5-4-18-6-8-22-9-7-18;;/h12-13,16H,1-11H2,(H,17,21);2*1H. The van der Waals surface area contributed by atoms with E-state index in [0.29, 0.717) is 13.0 Å². The Bertz CT molecular complexity index is 416. The van der Waals surface area contributed by atoms with Gasteiger partial charge in [0.25, 0.3) is 0 Å². The highest BCUT2D eigenvalue weighted by Crippen LogP contribution is 2.13. The summed E-state index contributed by atoms with van der Waals surface area (Å²) in [5.74, 6) is 0.197. The van der Waals surface area contributed by atoms with Gasteiger partial charge in [-0.2, -0.15) is 0 Å². The highest BCUT2D eigenvalue weighted by molar-refractivity contribution is 5.86. The van der Waals surface area contributed by atoms with Crippen LogP contribution in [0.15, 0.2) is 0 Å². The molecule has 0 aromatic heterocycles. The van der Waals surface area contributed by atoms with Crippen molar-refractivity contribution in [3.8, 4) is 0 Å². The van der Waals surface area contributed by atoms with Crippen molar-refractivity contribution in [1.82, 2.24) is 20.4 Å². The van der Waals surface area contributed by atoms with Crippen LogP contribution >= 0.6 is 24.8 Å². The van der Waals surface area contributed by atoms with Gasteiger partial charge < -0.3 is 20.3 Å². The van der Waals surface area contributed by atoms with Crippen LogP contribution in [0, 0.1) is 0 Å². The molecule has 0 spiro atoms. The van der Waals surface area contributed by atoms with E-state index in [0.717, 1.165) is 58.8 Å². The van der Waals surface area contributed by atoms with Crippen molar-refractivity contribution in [3.05, 3.63) is 0 Å². The van der Waals surface area contributed by atoms with Crippen LogP contribution in [0.3, 0.4) is 0 Å². The quantitative estimate of drug-likeness (QED) is 0.678. The number of ether oxygens (including phenoxy) is 1. The van der Waals surface area contributed by atoms with E-state index in [1.165, 1.54) is 0 Å². The van der Waals surface area contributed by atoms with Crippen molar-refractivity contribution >= 4 is 36.6 Å². The first kappa shape index (κ1) is 21.4. The van der Waals surface area contributed by atoms with Crippen molar-refractivity contribution in [3.63, 3.8) is 0 Å². The zero-order valence-electron chi connectivity index (χ0n) is 13.9. The zero-order chi connectivity index (χ0) is 15.4. The zero-order valence-corrected chi connectivity index (χ0v) is 15.5. The molecule has 2 N–H and O–H groups in total. The smallest absolute Gasteiger partial charge is 0.237 e. The van der Waals surface area contributed by atoms with E-state index in [2.05, 4.69) is 15.5 Å². The van der Waals surface area contributed by atoms with Gasteiger partial charge in [0.2, 0.25) is 11.8 Å². The lowest BCUT2D eigenvalue weighted by Gasteiger charge is -2.28. The van der Waals surface area contributed by atoms with Crippen LogP contribution in [0.4, 0.5) is 0 Å². The molecule has 3 fully saturated rings. The number of amides is 2. The van der Waals surface area contributed by atoms with E-state index in [1.807, 2.05) is 4.90 Å². The van der Waals surface area contributed by atoms with Crippen LogP contribution in [-0.2, 0) is 14.3 Å². The number of nitrogens with one attached hydrogen (secondary N) is 2. The molecule has 0 bridgehead atoms. The molecule has 9 heteroatoms. The Morgan fingerprint density at radius 1 is 1.25 bits per heavy atom. The molecule has 0 radical (unpaired) electrons. The lowest BCUT2D eigenvalue weighted by atomic mass is 10.2. The van der Waals surface area contributed by atoms with Crippen LogP contribution in [0.1, 0.15) is 19.3 Å². The first-order valence-electron chi connectivity index (χ1n) is 8.34. The number of nitrogens with zero attached hydrogens (tertiary/aromatic N) is 2. The molecule has 3 aliphatic heterocycles. The average Bonchev–Trinajstić information content (AvgIpc) is 3.16. The first-order chi connectivity index (χ1) is 10.7. The van der Waals surface area contributed by atoms with Gasteiger partial charge in [-0.25, -0.2) is 0 Å². The summed E-state index contributed by atoms with van der Waals surface area (Å²) in [7, 11) is 0. The van der Waals surface area contributed by atoms with Crippen LogP contribution in [0.25, 0.3) is 0 Å². The number of carbonyl (C=O) groups is 2. The predicted octanol–water partition coefficient (Wildman–Crippen LogP) is -0.369. The third-order valence-electron chi connectivity index (χ3n) is 4.73. The van der Waals surface area contributed by atoms with Crippen molar-refractivity contribution in [2.24, 2.45) is 0 Å². The fourth-order valence-electron chi connectivity index (χ4n) is 3.38. The monoisotopic (exact) mass is 382 g/mol. The van der Waals surface area contributed by atoms with Crippen molar-refractivity contribution < 1.29 is 14.3 Å². The summed E-state index contributed by atoms with van der Waals surface area (Å²) in [6.45, 7) is 6.62. The van der Waals surface area contributed by atoms with Crippen molar-refractivity contribution in [1.29, 1.82) is 0 Å². The normalized spacial score (nSPS) is 27.5. The summed E-state index contributed by atoms with van der Waals surface area (Å²) in [4.78, 5) is 28.4. The van der Waals surface area contributed by atoms with Gasteiger partial charge in [0, 0.05) is 39.1 Å². The minimum absolute atomic E-state index is 0. The first-order valence-corrected chi connectivity index (χ1v) is 8.34. The Morgan fingerprint density at radius 2 is 2.00 bits per heavy atom. The van der Waals surface area contributed by atoms with Crippen LogP contribution in [0.2, 0.25) is 0 Å². The average molecular weight is 383 g/mol. The SMILES string of the molecule is Cl.Cl.O=C(NC1CC(=O)N(CCN2CCOCC2)C1)C1CCCN1. The van der Waals surface area contributed by atoms with E-state index in [4.69, 9.17) is 4.74 Å². The van der Waals surface area contributed by atoms with E-state index in [9.17, 15) is 9.59 Å². The maximum atomic E-state index is 12.1. The number of hydrogen-bond acceptors (Lipinski definition) is 5. The highest BCUT2D eigenvalue weighted by Gasteiger charge is 2.32. The van der Waals surface area contributed by atoms with Crippen LogP contribution in [0.5, 0.6) is 0 Å². The molecule has 0 aliphatic carbocycles. The summed E-state index contributed by atoms with van der Waals surface area (Å²) >= 11 is 0.